The summed E-state index contributed by atoms with van der Waals surface area (Å²) in [6, 6.07) is 7.50. The molecule has 10 heteroatoms. The summed E-state index contributed by atoms with van der Waals surface area (Å²) < 4.78 is 34.5. The quantitative estimate of drug-likeness (QED) is 0.675. The number of carbonyl (C=O) groups is 1. The molecule has 1 saturated carbocycles. The van der Waals surface area contributed by atoms with E-state index in [9.17, 15) is 27.9 Å². The maximum atomic E-state index is 13.7. The third kappa shape index (κ3) is 3.98. The number of aryl methyl sites for hydroxylation is 1. The second-order valence-corrected chi connectivity index (χ2v) is 10.6. The van der Waals surface area contributed by atoms with E-state index in [1.165, 1.54) is 18.3 Å². The summed E-state index contributed by atoms with van der Waals surface area (Å²) in [5.74, 6) is -1.61. The van der Waals surface area contributed by atoms with Crippen LogP contribution in [0.3, 0.4) is 0 Å². The number of sulfone groups is 1. The number of aromatic amines is 1. The zero-order chi connectivity index (χ0) is 23.0. The number of nitrogens with zero attached hydrogens (tertiary/aromatic N) is 1. The average molecular weight is 463 g/mol. The molecule has 5 atom stereocenters. The first-order chi connectivity index (χ1) is 15.2. The number of ether oxygens (including phenoxy) is 1. The van der Waals surface area contributed by atoms with Crippen molar-refractivity contribution >= 4 is 15.6 Å². The van der Waals surface area contributed by atoms with Gasteiger partial charge in [-0.25, -0.2) is 13.2 Å². The number of nitrogens with one attached hydrogen (secondary N) is 1. The first-order valence-corrected chi connectivity index (χ1v) is 12.2. The topological polar surface area (TPSA) is 136 Å². The summed E-state index contributed by atoms with van der Waals surface area (Å²) in [6.07, 6.45) is 1.27. The second kappa shape index (κ2) is 8.76. The number of hydrogen-bond donors (Lipinski definition) is 2. The van der Waals surface area contributed by atoms with Crippen LogP contribution >= 0.6 is 0 Å². The number of rotatable bonds is 5. The molecule has 2 aliphatic rings. The van der Waals surface area contributed by atoms with E-state index in [0.717, 1.165) is 29.0 Å². The Kier molecular flexibility index (Phi) is 6.19. The molecule has 32 heavy (non-hydrogen) atoms. The van der Waals surface area contributed by atoms with Gasteiger partial charge in [-0.3, -0.25) is 19.1 Å². The van der Waals surface area contributed by atoms with Crippen molar-refractivity contribution in [3.8, 4) is 0 Å². The molecule has 2 N–H and O–H groups in total. The van der Waals surface area contributed by atoms with Crippen LogP contribution in [0.25, 0.3) is 0 Å². The fourth-order valence-electron chi connectivity index (χ4n) is 4.92. The number of carbonyl (C=O) groups excluding carboxylic acids is 1. The molecular formula is C22H26N2O7S. The maximum absolute atomic E-state index is 13.7. The van der Waals surface area contributed by atoms with Gasteiger partial charge in [0.1, 0.15) is 23.4 Å². The van der Waals surface area contributed by atoms with Crippen LogP contribution in [0.2, 0.25) is 0 Å². The summed E-state index contributed by atoms with van der Waals surface area (Å²) in [5.41, 5.74) is -0.472. The minimum absolute atomic E-state index is 0.0675. The first kappa shape index (κ1) is 22.6. The Balaban J connectivity index is 1.87. The van der Waals surface area contributed by atoms with Crippen molar-refractivity contribution in [3.05, 3.63) is 62.9 Å². The van der Waals surface area contributed by atoms with E-state index in [-0.39, 0.29) is 10.7 Å². The predicted molar refractivity (Wildman–Crippen MR) is 115 cm³/mol. The van der Waals surface area contributed by atoms with Crippen molar-refractivity contribution in [2.24, 2.45) is 11.8 Å². The zero-order valence-electron chi connectivity index (χ0n) is 17.6. The fourth-order valence-corrected chi connectivity index (χ4v) is 7.04. The van der Waals surface area contributed by atoms with Gasteiger partial charge in [0, 0.05) is 30.5 Å². The Morgan fingerprint density at radius 1 is 1.12 bits per heavy atom. The first-order valence-electron chi connectivity index (χ1n) is 10.6. The highest BCUT2D eigenvalue weighted by molar-refractivity contribution is 7.92. The predicted octanol–water partition coefficient (Wildman–Crippen LogP) is 0.953. The van der Waals surface area contributed by atoms with Gasteiger partial charge in [0.05, 0.1) is 11.5 Å². The number of aliphatic hydroxyl groups excluding tert-OH is 1. The van der Waals surface area contributed by atoms with Crippen LogP contribution in [-0.2, 0) is 19.4 Å². The molecule has 1 aliphatic heterocycles. The third-order valence-electron chi connectivity index (χ3n) is 6.47. The average Bonchev–Trinajstić information content (AvgIpc) is 3.14. The van der Waals surface area contributed by atoms with Crippen molar-refractivity contribution < 1.29 is 23.1 Å². The van der Waals surface area contributed by atoms with Gasteiger partial charge < -0.3 is 9.84 Å². The van der Waals surface area contributed by atoms with Gasteiger partial charge >= 0.3 is 5.69 Å². The van der Waals surface area contributed by atoms with E-state index in [2.05, 4.69) is 4.98 Å². The highest BCUT2D eigenvalue weighted by Gasteiger charge is 2.56. The molecule has 2 fully saturated rings. The zero-order valence-corrected chi connectivity index (χ0v) is 18.5. The molecule has 4 rings (SSSR count). The monoisotopic (exact) mass is 462 g/mol. The molecule has 2 aromatic rings. The molecule has 1 aromatic carbocycles. The van der Waals surface area contributed by atoms with Gasteiger partial charge in [0.2, 0.25) is 0 Å². The lowest BCUT2D eigenvalue weighted by atomic mass is 9.76. The van der Waals surface area contributed by atoms with Crippen molar-refractivity contribution in [2.45, 2.75) is 55.1 Å². The number of H-pyrrole nitrogens is 1. The van der Waals surface area contributed by atoms with Gasteiger partial charge in [-0.05, 0) is 31.9 Å². The van der Waals surface area contributed by atoms with Crippen LogP contribution < -0.4 is 11.2 Å². The lowest BCUT2D eigenvalue weighted by Gasteiger charge is -2.33. The van der Waals surface area contributed by atoms with Crippen molar-refractivity contribution in [1.82, 2.24) is 9.55 Å². The lowest BCUT2D eigenvalue weighted by molar-refractivity contribution is -0.128. The van der Waals surface area contributed by atoms with Crippen molar-refractivity contribution in [1.29, 1.82) is 0 Å². The molecule has 172 valence electrons. The lowest BCUT2D eigenvalue weighted by Crippen LogP contribution is -2.44. The van der Waals surface area contributed by atoms with Gasteiger partial charge in [0.15, 0.2) is 9.84 Å². The number of Topliss-reactive ketones (excluding diaryl/α,β-unsaturated/α-hetero) is 1. The van der Waals surface area contributed by atoms with Crippen LogP contribution in [0, 0.1) is 18.8 Å². The molecule has 0 radical (unpaired) electrons. The van der Waals surface area contributed by atoms with Gasteiger partial charge in [-0.2, -0.15) is 0 Å². The molecular weight excluding hydrogens is 436 g/mol. The van der Waals surface area contributed by atoms with E-state index in [4.69, 9.17) is 4.74 Å². The van der Waals surface area contributed by atoms with E-state index >= 15 is 0 Å². The summed E-state index contributed by atoms with van der Waals surface area (Å²) in [5, 5.41) is 8.80. The Labute approximate surface area is 185 Å². The standard InChI is InChI=1S/C22H26N2O7S/c1-13-6-8-14(9-7-13)32(29,30)20-17(12-25)31-21(24-11-10-18(27)23-22(24)28)19(20)15-4-2-3-5-16(15)26/h6-11,15,17,19-21,25H,2-5,12H2,1H3,(H,23,27,28)/t15-,17-,19-,20+,21-/m1/s1. The number of aliphatic hydroxyl groups is 1. The molecule has 1 aliphatic carbocycles. The largest absolute Gasteiger partial charge is 0.394 e. The van der Waals surface area contributed by atoms with Crippen LogP contribution in [0.1, 0.15) is 37.5 Å². The number of ketones is 1. The summed E-state index contributed by atoms with van der Waals surface area (Å²) in [6.45, 7) is 1.25. The minimum atomic E-state index is -4.03. The Morgan fingerprint density at radius 2 is 1.84 bits per heavy atom. The normalized spacial score (nSPS) is 28.7. The smallest absolute Gasteiger partial charge is 0.330 e. The van der Waals surface area contributed by atoms with E-state index in [0.29, 0.717) is 12.8 Å². The number of aromatic nitrogens is 2. The van der Waals surface area contributed by atoms with Crippen LogP contribution in [-0.4, -0.2) is 46.8 Å². The molecule has 2 heterocycles. The fraction of sp³-hybridized carbons (Fsp3) is 0.500. The van der Waals surface area contributed by atoms with Crippen LogP contribution in [0.5, 0.6) is 0 Å². The molecule has 0 amide bonds. The Hall–Kier alpha value is -2.56. The van der Waals surface area contributed by atoms with Crippen molar-refractivity contribution in [2.75, 3.05) is 6.61 Å². The Bertz CT molecular complexity index is 1220. The van der Waals surface area contributed by atoms with Gasteiger partial charge in [0.25, 0.3) is 5.56 Å². The summed E-state index contributed by atoms with van der Waals surface area (Å²) >= 11 is 0. The third-order valence-corrected chi connectivity index (χ3v) is 8.73. The number of hydrogen-bond acceptors (Lipinski definition) is 7. The van der Waals surface area contributed by atoms with E-state index < -0.39 is 57.1 Å². The van der Waals surface area contributed by atoms with Crippen LogP contribution in [0.4, 0.5) is 0 Å². The molecule has 0 bridgehead atoms. The van der Waals surface area contributed by atoms with E-state index in [1.54, 1.807) is 12.1 Å². The maximum Gasteiger partial charge on any atom is 0.330 e. The Morgan fingerprint density at radius 3 is 2.47 bits per heavy atom. The van der Waals surface area contributed by atoms with Crippen molar-refractivity contribution in [3.63, 3.8) is 0 Å². The minimum Gasteiger partial charge on any atom is -0.394 e. The van der Waals surface area contributed by atoms with Gasteiger partial charge in [-0.15, -0.1) is 0 Å². The molecule has 1 saturated heterocycles. The summed E-state index contributed by atoms with van der Waals surface area (Å²) in [4.78, 5) is 39.2. The van der Waals surface area contributed by atoms with Crippen LogP contribution in [0.15, 0.2) is 51.0 Å². The second-order valence-electron chi connectivity index (χ2n) is 8.48. The van der Waals surface area contributed by atoms with Gasteiger partial charge in [-0.1, -0.05) is 24.1 Å². The highest BCUT2D eigenvalue weighted by atomic mass is 32.2. The molecule has 0 spiro atoms. The molecule has 9 nitrogen and oxygen atoms in total. The van der Waals surface area contributed by atoms with E-state index in [1.807, 2.05) is 6.92 Å². The summed E-state index contributed by atoms with van der Waals surface area (Å²) in [7, 11) is -4.03. The SMILES string of the molecule is Cc1ccc(S(=O)(=O)[C@@H]2[C@@H]([C@@H]3CCCCC3=O)[C@H](n3ccc(=O)[nH]c3=O)O[C@@H]2CO)cc1. The molecule has 0 unspecified atom stereocenters. The molecule has 1 aromatic heterocycles. The highest BCUT2D eigenvalue weighted by Crippen LogP contribution is 2.47. The number of benzene rings is 1.